The number of aliphatic hydroxyl groups is 1. The van der Waals surface area contributed by atoms with Gasteiger partial charge in [-0.25, -0.2) is 0 Å². The van der Waals surface area contributed by atoms with Gasteiger partial charge in [0.2, 0.25) is 0 Å². The second-order valence-corrected chi connectivity index (χ2v) is 4.26. The van der Waals surface area contributed by atoms with Crippen molar-refractivity contribution in [3.63, 3.8) is 0 Å². The zero-order valence-corrected chi connectivity index (χ0v) is 7.59. The first-order valence-electron chi connectivity index (χ1n) is 5.06. The van der Waals surface area contributed by atoms with Crippen LogP contribution in [0.4, 0.5) is 0 Å². The molecule has 0 aromatic rings. The van der Waals surface area contributed by atoms with Gasteiger partial charge in [0.1, 0.15) is 0 Å². The fourth-order valence-electron chi connectivity index (χ4n) is 2.64. The van der Waals surface area contributed by atoms with E-state index in [4.69, 9.17) is 4.74 Å². The van der Waals surface area contributed by atoms with Crippen molar-refractivity contribution in [3.8, 4) is 0 Å². The minimum absolute atomic E-state index is 0.309. The van der Waals surface area contributed by atoms with Crippen LogP contribution in [0.15, 0.2) is 0 Å². The van der Waals surface area contributed by atoms with E-state index in [0.717, 1.165) is 19.1 Å². The largest absolute Gasteiger partial charge is 0.396 e. The molecule has 2 nitrogen and oxygen atoms in total. The molecule has 1 heterocycles. The molecule has 0 aromatic carbocycles. The van der Waals surface area contributed by atoms with Crippen LogP contribution in [0.1, 0.15) is 32.1 Å². The molecule has 1 aliphatic carbocycles. The summed E-state index contributed by atoms with van der Waals surface area (Å²) in [6.07, 6.45) is 6.14. The lowest BCUT2D eigenvalue weighted by molar-refractivity contribution is -0.0620. The van der Waals surface area contributed by atoms with Crippen molar-refractivity contribution < 1.29 is 9.84 Å². The van der Waals surface area contributed by atoms with Gasteiger partial charge in [0.25, 0.3) is 0 Å². The second kappa shape index (κ2) is 3.35. The first-order chi connectivity index (χ1) is 5.87. The molecule has 12 heavy (non-hydrogen) atoms. The average Bonchev–Trinajstić information content (AvgIpc) is 2.05. The average molecular weight is 170 g/mol. The fraction of sp³-hybridized carbons (Fsp3) is 1.00. The molecule has 0 spiro atoms. The van der Waals surface area contributed by atoms with Crippen LogP contribution in [0.2, 0.25) is 0 Å². The van der Waals surface area contributed by atoms with Crippen LogP contribution in [0, 0.1) is 11.3 Å². The van der Waals surface area contributed by atoms with Crippen molar-refractivity contribution in [3.05, 3.63) is 0 Å². The maximum absolute atomic E-state index is 9.35. The molecule has 0 aromatic heterocycles. The molecule has 2 fully saturated rings. The van der Waals surface area contributed by atoms with Crippen molar-refractivity contribution in [1.82, 2.24) is 0 Å². The number of aliphatic hydroxyl groups excluding tert-OH is 1. The predicted molar refractivity (Wildman–Crippen MR) is 46.9 cm³/mol. The number of rotatable bonds is 2. The monoisotopic (exact) mass is 170 g/mol. The molecule has 0 bridgehead atoms. The van der Waals surface area contributed by atoms with Gasteiger partial charge in [-0.05, 0) is 37.0 Å². The highest BCUT2D eigenvalue weighted by Crippen LogP contribution is 2.49. The molecule has 0 unspecified atom stereocenters. The Morgan fingerprint density at radius 2 is 1.92 bits per heavy atom. The van der Waals surface area contributed by atoms with Gasteiger partial charge in [-0.15, -0.1) is 0 Å². The molecule has 2 aliphatic rings. The molecule has 0 radical (unpaired) electrons. The van der Waals surface area contributed by atoms with Gasteiger partial charge >= 0.3 is 0 Å². The normalized spacial score (nSPS) is 29.8. The van der Waals surface area contributed by atoms with Crippen LogP contribution in [-0.2, 0) is 4.74 Å². The smallest absolute Gasteiger partial charge is 0.0490 e. The summed E-state index contributed by atoms with van der Waals surface area (Å²) >= 11 is 0. The number of ether oxygens (including phenoxy) is 1. The number of hydrogen-bond acceptors (Lipinski definition) is 2. The Balaban J connectivity index is 1.95. The standard InChI is InChI=1S/C10H18O2/c11-8-10(4-1-5-10)9-2-6-12-7-3-9/h9,11H,1-8H2. The van der Waals surface area contributed by atoms with E-state index in [2.05, 4.69) is 0 Å². The zero-order chi connectivity index (χ0) is 8.44. The van der Waals surface area contributed by atoms with Gasteiger partial charge in [-0.3, -0.25) is 0 Å². The van der Waals surface area contributed by atoms with Crippen molar-refractivity contribution in [2.45, 2.75) is 32.1 Å². The van der Waals surface area contributed by atoms with E-state index in [-0.39, 0.29) is 0 Å². The van der Waals surface area contributed by atoms with Crippen molar-refractivity contribution >= 4 is 0 Å². The first kappa shape index (κ1) is 8.52. The van der Waals surface area contributed by atoms with Gasteiger partial charge in [-0.2, -0.15) is 0 Å². The Hall–Kier alpha value is -0.0800. The highest BCUT2D eigenvalue weighted by Gasteiger charge is 2.43. The summed E-state index contributed by atoms with van der Waals surface area (Å²) < 4.78 is 5.33. The van der Waals surface area contributed by atoms with Crippen molar-refractivity contribution in [2.24, 2.45) is 11.3 Å². The summed E-state index contributed by atoms with van der Waals surface area (Å²) in [5.74, 6) is 0.741. The van der Waals surface area contributed by atoms with E-state index in [9.17, 15) is 5.11 Å². The third-order valence-corrected chi connectivity index (χ3v) is 3.75. The summed E-state index contributed by atoms with van der Waals surface area (Å²) in [4.78, 5) is 0. The van der Waals surface area contributed by atoms with Gasteiger partial charge in [-0.1, -0.05) is 6.42 Å². The van der Waals surface area contributed by atoms with Crippen LogP contribution >= 0.6 is 0 Å². The highest BCUT2D eigenvalue weighted by atomic mass is 16.5. The molecule has 1 saturated carbocycles. The fourth-order valence-corrected chi connectivity index (χ4v) is 2.64. The Labute approximate surface area is 73.9 Å². The van der Waals surface area contributed by atoms with E-state index in [1.807, 2.05) is 0 Å². The summed E-state index contributed by atoms with van der Waals surface area (Å²) in [5.41, 5.74) is 0.309. The summed E-state index contributed by atoms with van der Waals surface area (Å²) in [6.45, 7) is 2.22. The molecule has 0 amide bonds. The highest BCUT2D eigenvalue weighted by molar-refractivity contribution is 4.93. The molecular formula is C10H18O2. The Morgan fingerprint density at radius 1 is 1.25 bits per heavy atom. The van der Waals surface area contributed by atoms with Crippen LogP contribution in [0.25, 0.3) is 0 Å². The number of hydrogen-bond donors (Lipinski definition) is 1. The molecule has 2 heteroatoms. The van der Waals surface area contributed by atoms with E-state index >= 15 is 0 Å². The Kier molecular flexibility index (Phi) is 2.37. The van der Waals surface area contributed by atoms with Crippen LogP contribution < -0.4 is 0 Å². The maximum Gasteiger partial charge on any atom is 0.0490 e. The zero-order valence-electron chi connectivity index (χ0n) is 7.59. The molecule has 0 atom stereocenters. The lowest BCUT2D eigenvalue weighted by Gasteiger charge is -2.48. The SMILES string of the molecule is OCC1(C2CCOCC2)CCC1. The molecule has 1 N–H and O–H groups in total. The third kappa shape index (κ3) is 1.27. The van der Waals surface area contributed by atoms with Crippen LogP contribution in [0.5, 0.6) is 0 Å². The lowest BCUT2D eigenvalue weighted by Crippen LogP contribution is -2.43. The van der Waals surface area contributed by atoms with E-state index in [0.29, 0.717) is 12.0 Å². The quantitative estimate of drug-likeness (QED) is 0.681. The Morgan fingerprint density at radius 3 is 2.33 bits per heavy atom. The molecular weight excluding hydrogens is 152 g/mol. The topological polar surface area (TPSA) is 29.5 Å². The van der Waals surface area contributed by atoms with Gasteiger partial charge < -0.3 is 9.84 Å². The van der Waals surface area contributed by atoms with Gasteiger partial charge in [0.15, 0.2) is 0 Å². The van der Waals surface area contributed by atoms with Crippen LogP contribution in [-0.4, -0.2) is 24.9 Å². The van der Waals surface area contributed by atoms with Gasteiger partial charge in [0.05, 0.1) is 0 Å². The minimum atomic E-state index is 0.309. The summed E-state index contributed by atoms with van der Waals surface area (Å²) in [6, 6.07) is 0. The Bertz CT molecular complexity index is 140. The van der Waals surface area contributed by atoms with E-state index in [1.54, 1.807) is 0 Å². The second-order valence-electron chi connectivity index (χ2n) is 4.26. The van der Waals surface area contributed by atoms with E-state index in [1.165, 1.54) is 32.1 Å². The third-order valence-electron chi connectivity index (χ3n) is 3.75. The van der Waals surface area contributed by atoms with E-state index < -0.39 is 0 Å². The molecule has 2 rings (SSSR count). The lowest BCUT2D eigenvalue weighted by atomic mass is 9.59. The molecule has 70 valence electrons. The van der Waals surface area contributed by atoms with Crippen molar-refractivity contribution in [2.75, 3.05) is 19.8 Å². The minimum Gasteiger partial charge on any atom is -0.396 e. The summed E-state index contributed by atoms with van der Waals surface area (Å²) in [5, 5.41) is 9.35. The maximum atomic E-state index is 9.35. The van der Waals surface area contributed by atoms with Crippen molar-refractivity contribution in [1.29, 1.82) is 0 Å². The van der Waals surface area contributed by atoms with Gasteiger partial charge in [0, 0.05) is 19.8 Å². The van der Waals surface area contributed by atoms with Crippen LogP contribution in [0.3, 0.4) is 0 Å². The predicted octanol–water partition coefficient (Wildman–Crippen LogP) is 1.58. The molecule has 1 saturated heterocycles. The molecule has 1 aliphatic heterocycles. The summed E-state index contributed by atoms with van der Waals surface area (Å²) in [7, 11) is 0. The first-order valence-corrected chi connectivity index (χ1v) is 5.06.